The van der Waals surface area contributed by atoms with E-state index in [1.807, 2.05) is 30.3 Å². The third kappa shape index (κ3) is 3.71. The van der Waals surface area contributed by atoms with Gasteiger partial charge < -0.3 is 9.88 Å². The third-order valence-electron chi connectivity index (χ3n) is 3.21. The van der Waals surface area contributed by atoms with Gasteiger partial charge in [0.1, 0.15) is 0 Å². The van der Waals surface area contributed by atoms with E-state index in [9.17, 15) is 13.2 Å². The topological polar surface area (TPSA) is 86.4 Å². The van der Waals surface area contributed by atoms with Gasteiger partial charge in [-0.15, -0.1) is 0 Å². The molecule has 1 aromatic carbocycles. The maximum atomic E-state index is 12.2. The normalized spacial score (nSPS) is 11.6. The van der Waals surface area contributed by atoms with Crippen LogP contribution in [-0.4, -0.2) is 54.1 Å². The van der Waals surface area contributed by atoms with Gasteiger partial charge in [-0.1, -0.05) is 30.3 Å². The highest BCUT2D eigenvalue weighted by atomic mass is 32.2. The first kappa shape index (κ1) is 16.2. The number of aromatic amines is 1. The lowest BCUT2D eigenvalue weighted by Gasteiger charge is -2.21. The maximum Gasteiger partial charge on any atom is 0.260 e. The van der Waals surface area contributed by atoms with Gasteiger partial charge in [-0.3, -0.25) is 4.79 Å². The van der Waals surface area contributed by atoms with Gasteiger partial charge in [-0.2, -0.15) is 4.31 Å². The second-order valence-corrected chi connectivity index (χ2v) is 6.93. The van der Waals surface area contributed by atoms with Gasteiger partial charge in [0.2, 0.25) is 5.91 Å². The van der Waals surface area contributed by atoms with E-state index >= 15 is 0 Å². The monoisotopic (exact) mass is 322 g/mol. The molecule has 0 fully saturated rings. The van der Waals surface area contributed by atoms with Crippen molar-refractivity contribution in [2.24, 2.45) is 0 Å². The van der Waals surface area contributed by atoms with Crippen LogP contribution in [0.15, 0.2) is 47.9 Å². The summed E-state index contributed by atoms with van der Waals surface area (Å²) in [6, 6.07) is 9.50. The fourth-order valence-electron chi connectivity index (χ4n) is 1.89. The second kappa shape index (κ2) is 6.71. The van der Waals surface area contributed by atoms with Gasteiger partial charge >= 0.3 is 0 Å². The number of rotatable bonds is 6. The first-order valence-corrected chi connectivity index (χ1v) is 8.08. The number of imidazole rings is 1. The number of H-pyrrole nitrogens is 1. The van der Waals surface area contributed by atoms with Crippen LogP contribution >= 0.6 is 0 Å². The predicted octanol–water partition coefficient (Wildman–Crippen LogP) is 0.689. The molecule has 0 unspecified atom stereocenters. The van der Waals surface area contributed by atoms with Crippen LogP contribution in [0.4, 0.5) is 0 Å². The number of nitrogens with one attached hydrogen (secondary N) is 1. The summed E-state index contributed by atoms with van der Waals surface area (Å²) in [7, 11) is -0.719. The first-order chi connectivity index (χ1) is 10.4. The average Bonchev–Trinajstić information content (AvgIpc) is 3.03. The molecule has 2 rings (SSSR count). The minimum Gasteiger partial charge on any atom is -0.340 e. The van der Waals surface area contributed by atoms with Gasteiger partial charge in [0.05, 0.1) is 19.1 Å². The van der Waals surface area contributed by atoms with Crippen LogP contribution in [0.3, 0.4) is 0 Å². The van der Waals surface area contributed by atoms with Gasteiger partial charge in [0, 0.05) is 20.6 Å². The number of likely N-dealkylation sites (N-methyl/N-ethyl adjacent to an activating group) is 2. The van der Waals surface area contributed by atoms with Crippen molar-refractivity contribution in [3.05, 3.63) is 48.4 Å². The predicted molar refractivity (Wildman–Crippen MR) is 81.3 cm³/mol. The van der Waals surface area contributed by atoms with Crippen LogP contribution in [-0.2, 0) is 21.4 Å². The van der Waals surface area contributed by atoms with E-state index in [1.165, 1.54) is 24.5 Å². The van der Waals surface area contributed by atoms with Crippen molar-refractivity contribution in [3.8, 4) is 0 Å². The molecule has 0 bridgehead atoms. The molecule has 1 N–H and O–H groups in total. The molecule has 0 aliphatic carbocycles. The number of hydrogen-bond donors (Lipinski definition) is 1. The fourth-order valence-corrected chi connectivity index (χ4v) is 2.91. The van der Waals surface area contributed by atoms with Crippen molar-refractivity contribution < 1.29 is 13.2 Å². The summed E-state index contributed by atoms with van der Waals surface area (Å²) in [5.41, 5.74) is 0.984. The molecule has 1 heterocycles. The highest BCUT2D eigenvalue weighted by Crippen LogP contribution is 2.10. The number of benzene rings is 1. The Labute approximate surface area is 129 Å². The average molecular weight is 322 g/mol. The Morgan fingerprint density at radius 3 is 2.50 bits per heavy atom. The Hall–Kier alpha value is -2.19. The van der Waals surface area contributed by atoms with E-state index in [1.54, 1.807) is 7.05 Å². The molecular weight excluding hydrogens is 304 g/mol. The van der Waals surface area contributed by atoms with E-state index in [0.717, 1.165) is 9.87 Å². The molecule has 0 saturated heterocycles. The lowest BCUT2D eigenvalue weighted by atomic mass is 10.2. The molecule has 8 heteroatoms. The quantitative estimate of drug-likeness (QED) is 0.848. The number of carbonyl (C=O) groups excluding carboxylic acids is 1. The summed E-state index contributed by atoms with van der Waals surface area (Å²) in [4.78, 5) is 19.9. The number of amides is 1. The van der Waals surface area contributed by atoms with Gasteiger partial charge in [0.25, 0.3) is 10.0 Å². The molecule has 1 amide bonds. The maximum absolute atomic E-state index is 12.2. The van der Waals surface area contributed by atoms with Crippen LogP contribution in [0.1, 0.15) is 5.56 Å². The zero-order chi connectivity index (χ0) is 16.2. The molecule has 118 valence electrons. The number of nitrogens with zero attached hydrogens (tertiary/aromatic N) is 3. The van der Waals surface area contributed by atoms with Crippen molar-refractivity contribution in [2.75, 3.05) is 20.6 Å². The minimum atomic E-state index is -3.73. The molecule has 1 aromatic heterocycles. The summed E-state index contributed by atoms with van der Waals surface area (Å²) >= 11 is 0. The number of hydrogen-bond acceptors (Lipinski definition) is 4. The fraction of sp³-hybridized carbons (Fsp3) is 0.286. The zero-order valence-corrected chi connectivity index (χ0v) is 13.2. The smallest absolute Gasteiger partial charge is 0.260 e. The van der Waals surface area contributed by atoms with E-state index < -0.39 is 10.0 Å². The molecule has 0 saturated carbocycles. The minimum absolute atomic E-state index is 0.0338. The molecule has 7 nitrogen and oxygen atoms in total. The molecule has 0 aliphatic heterocycles. The van der Waals surface area contributed by atoms with Crippen molar-refractivity contribution in [1.82, 2.24) is 19.2 Å². The van der Waals surface area contributed by atoms with E-state index in [4.69, 9.17) is 0 Å². The third-order valence-corrected chi connectivity index (χ3v) is 4.94. The summed E-state index contributed by atoms with van der Waals surface area (Å²) in [5.74, 6) is -0.283. The van der Waals surface area contributed by atoms with Crippen LogP contribution in [0.5, 0.6) is 0 Å². The Bertz CT molecular complexity index is 714. The van der Waals surface area contributed by atoms with E-state index in [-0.39, 0.29) is 17.5 Å². The van der Waals surface area contributed by atoms with E-state index in [2.05, 4.69) is 9.97 Å². The summed E-state index contributed by atoms with van der Waals surface area (Å²) < 4.78 is 25.4. The molecule has 2 aromatic rings. The van der Waals surface area contributed by atoms with Gasteiger partial charge in [0.15, 0.2) is 5.03 Å². The largest absolute Gasteiger partial charge is 0.340 e. The molecule has 0 spiro atoms. The second-order valence-electron chi connectivity index (χ2n) is 4.91. The van der Waals surface area contributed by atoms with Crippen LogP contribution in [0.25, 0.3) is 0 Å². The van der Waals surface area contributed by atoms with Crippen molar-refractivity contribution in [1.29, 1.82) is 0 Å². The number of carbonyl (C=O) groups is 1. The van der Waals surface area contributed by atoms with Crippen molar-refractivity contribution in [2.45, 2.75) is 11.6 Å². The summed E-state index contributed by atoms with van der Waals surface area (Å²) in [6.07, 6.45) is 2.49. The lowest BCUT2D eigenvalue weighted by molar-refractivity contribution is -0.130. The van der Waals surface area contributed by atoms with Crippen LogP contribution in [0, 0.1) is 0 Å². The number of sulfonamides is 1. The summed E-state index contributed by atoms with van der Waals surface area (Å²) in [6.45, 7) is 0.197. The molecule has 0 atom stereocenters. The molecular formula is C14H18N4O3S. The standard InChI is InChI=1S/C14H18N4O3S/c1-17(9-12-6-4-3-5-7-12)14(19)10-18(2)22(20,21)13-8-15-11-16-13/h3-8,11H,9-10H2,1-2H3,(H,15,16). The van der Waals surface area contributed by atoms with Gasteiger partial charge in [-0.05, 0) is 5.56 Å². The Balaban J connectivity index is 1.99. The molecule has 0 aliphatic rings. The molecule has 0 radical (unpaired) electrons. The zero-order valence-electron chi connectivity index (χ0n) is 12.4. The van der Waals surface area contributed by atoms with E-state index in [0.29, 0.717) is 6.54 Å². The highest BCUT2D eigenvalue weighted by molar-refractivity contribution is 7.89. The van der Waals surface area contributed by atoms with Crippen LogP contribution in [0.2, 0.25) is 0 Å². The Kier molecular flexibility index (Phi) is 4.94. The Morgan fingerprint density at radius 2 is 1.91 bits per heavy atom. The lowest BCUT2D eigenvalue weighted by Crippen LogP contribution is -2.39. The highest BCUT2D eigenvalue weighted by Gasteiger charge is 2.25. The Morgan fingerprint density at radius 1 is 1.23 bits per heavy atom. The van der Waals surface area contributed by atoms with Crippen molar-refractivity contribution in [3.63, 3.8) is 0 Å². The number of aromatic nitrogens is 2. The van der Waals surface area contributed by atoms with Gasteiger partial charge in [-0.25, -0.2) is 13.4 Å². The molecule has 22 heavy (non-hydrogen) atoms. The SMILES string of the molecule is CN(Cc1ccccc1)C(=O)CN(C)S(=O)(=O)c1cnc[nH]1. The first-order valence-electron chi connectivity index (χ1n) is 6.64. The summed E-state index contributed by atoms with van der Waals surface area (Å²) in [5, 5.41) is -0.0338. The van der Waals surface area contributed by atoms with Crippen molar-refractivity contribution >= 4 is 15.9 Å². The van der Waals surface area contributed by atoms with Crippen LogP contribution < -0.4 is 0 Å².